The molecule has 3 rings (SSSR count). The van der Waals surface area contributed by atoms with E-state index >= 15 is 0 Å². The molecule has 1 fully saturated rings. The molecule has 0 saturated heterocycles. The van der Waals surface area contributed by atoms with Crippen molar-refractivity contribution in [2.75, 3.05) is 0 Å². The van der Waals surface area contributed by atoms with E-state index in [1.165, 1.54) is 5.56 Å². The van der Waals surface area contributed by atoms with Gasteiger partial charge in [-0.15, -0.1) is 0 Å². The average molecular weight is 436 g/mol. The fourth-order valence-corrected chi connectivity index (χ4v) is 4.16. The van der Waals surface area contributed by atoms with Crippen molar-refractivity contribution in [1.29, 1.82) is 0 Å². The first-order valence-corrected chi connectivity index (χ1v) is 8.23. The molecule has 25 heavy (non-hydrogen) atoms. The number of aliphatic imine (C=N–C) groups is 1. The van der Waals surface area contributed by atoms with E-state index in [-0.39, 0.29) is 58.8 Å². The zero-order chi connectivity index (χ0) is 16.1. The number of hydrogen-bond donors (Lipinski definition) is 2. The van der Waals surface area contributed by atoms with Crippen LogP contribution in [-0.4, -0.2) is 33.7 Å². The number of fused-ring (bicyclic) bond motifs is 1. The molecule has 1 aromatic rings. The van der Waals surface area contributed by atoms with Crippen LogP contribution in [0.25, 0.3) is 0 Å². The monoisotopic (exact) mass is 434 g/mol. The van der Waals surface area contributed by atoms with Crippen LogP contribution >= 0.6 is 0 Å². The molecular formula is C19H27Cl2CuNO2. The molecule has 1 aliphatic heterocycles. The van der Waals surface area contributed by atoms with Crippen LogP contribution in [0, 0.1) is 11.3 Å². The Labute approximate surface area is 174 Å². The van der Waals surface area contributed by atoms with E-state index in [2.05, 4.69) is 45.9 Å². The fourth-order valence-electron chi connectivity index (χ4n) is 4.16. The van der Waals surface area contributed by atoms with Crippen LogP contribution < -0.4 is 24.8 Å². The first-order valence-electron chi connectivity index (χ1n) is 8.23. The Hall–Kier alpha value is -0.0905. The number of aliphatic hydroxyl groups is 2. The summed E-state index contributed by atoms with van der Waals surface area (Å²) in [6.07, 6.45) is 1.22. The Kier molecular flexibility index (Phi) is 8.70. The van der Waals surface area contributed by atoms with Crippen molar-refractivity contribution in [3.05, 3.63) is 35.4 Å². The Morgan fingerprint density at radius 3 is 2.04 bits per heavy atom. The molecule has 1 aliphatic carbocycles. The van der Waals surface area contributed by atoms with Gasteiger partial charge in [0.25, 0.3) is 0 Å². The van der Waals surface area contributed by atoms with Gasteiger partial charge in [-0.1, -0.05) is 38.1 Å². The number of benzene rings is 1. The van der Waals surface area contributed by atoms with E-state index in [4.69, 9.17) is 4.99 Å². The molecule has 2 atom stereocenters. The van der Waals surface area contributed by atoms with Gasteiger partial charge in [0.15, 0.2) is 0 Å². The third kappa shape index (κ3) is 5.22. The molecule has 3 nitrogen and oxygen atoms in total. The third-order valence-electron chi connectivity index (χ3n) is 5.01. The van der Waals surface area contributed by atoms with Gasteiger partial charge in [-0.3, -0.25) is 4.99 Å². The normalized spacial score (nSPS) is 29.0. The maximum Gasteiger partial charge on any atom is 2.00 e. The average Bonchev–Trinajstić information content (AvgIpc) is 2.34. The van der Waals surface area contributed by atoms with Gasteiger partial charge in [-0.05, 0) is 49.7 Å². The van der Waals surface area contributed by atoms with E-state index in [0.717, 1.165) is 17.7 Å². The predicted molar refractivity (Wildman–Crippen MR) is 89.3 cm³/mol. The summed E-state index contributed by atoms with van der Waals surface area (Å²) in [4.78, 5) is 4.92. The van der Waals surface area contributed by atoms with E-state index < -0.39 is 12.2 Å². The molecule has 0 aromatic heterocycles. The Morgan fingerprint density at radius 2 is 1.48 bits per heavy atom. The van der Waals surface area contributed by atoms with Gasteiger partial charge in [-0.2, -0.15) is 0 Å². The Bertz CT molecular complexity index is 605. The van der Waals surface area contributed by atoms with Gasteiger partial charge in [0.1, 0.15) is 0 Å². The number of rotatable bonds is 1. The van der Waals surface area contributed by atoms with Gasteiger partial charge in [0.2, 0.25) is 0 Å². The van der Waals surface area contributed by atoms with Gasteiger partial charge < -0.3 is 35.0 Å². The Balaban J connectivity index is 0.00000192. The molecule has 2 aliphatic rings. The van der Waals surface area contributed by atoms with Crippen molar-refractivity contribution in [3.8, 4) is 0 Å². The summed E-state index contributed by atoms with van der Waals surface area (Å²) in [6, 6.07) is 8.27. The Morgan fingerprint density at radius 1 is 0.960 bits per heavy atom. The second-order valence-electron chi connectivity index (χ2n) is 8.38. The summed E-state index contributed by atoms with van der Waals surface area (Å²) < 4.78 is 0. The van der Waals surface area contributed by atoms with Gasteiger partial charge >= 0.3 is 17.1 Å². The number of halogens is 2. The van der Waals surface area contributed by atoms with Crippen molar-refractivity contribution < 1.29 is 52.1 Å². The summed E-state index contributed by atoms with van der Waals surface area (Å²) in [7, 11) is 0. The molecule has 1 radical (unpaired) electrons. The number of hydrogen-bond acceptors (Lipinski definition) is 3. The van der Waals surface area contributed by atoms with Crippen LogP contribution in [0.4, 0.5) is 0 Å². The van der Waals surface area contributed by atoms with Crippen LogP contribution in [0.15, 0.2) is 29.3 Å². The first-order chi connectivity index (χ1) is 10.2. The molecule has 0 spiro atoms. The van der Waals surface area contributed by atoms with Crippen LogP contribution in [-0.2, 0) is 23.5 Å². The zero-order valence-corrected chi connectivity index (χ0v) is 17.5. The molecule has 1 heterocycles. The van der Waals surface area contributed by atoms with Crippen molar-refractivity contribution in [1.82, 2.24) is 0 Å². The molecule has 0 bridgehead atoms. The summed E-state index contributed by atoms with van der Waals surface area (Å²) in [5.74, 6) is -0.284. The van der Waals surface area contributed by atoms with Crippen LogP contribution in [0.3, 0.4) is 0 Å². The summed E-state index contributed by atoms with van der Waals surface area (Å²) in [6.45, 7) is 8.45. The van der Waals surface area contributed by atoms with E-state index in [0.29, 0.717) is 12.8 Å². The molecule has 145 valence electrons. The summed E-state index contributed by atoms with van der Waals surface area (Å²) >= 11 is 0. The summed E-state index contributed by atoms with van der Waals surface area (Å²) in [5.41, 5.74) is 3.05. The quantitative estimate of drug-likeness (QED) is 0.461. The van der Waals surface area contributed by atoms with Gasteiger partial charge in [-0.25, -0.2) is 0 Å². The van der Waals surface area contributed by atoms with E-state index in [9.17, 15) is 10.2 Å². The van der Waals surface area contributed by atoms with Crippen molar-refractivity contribution in [2.24, 2.45) is 16.3 Å². The van der Waals surface area contributed by atoms with E-state index in [1.54, 1.807) is 0 Å². The van der Waals surface area contributed by atoms with Crippen LogP contribution in [0.1, 0.15) is 51.7 Å². The minimum absolute atomic E-state index is 0. The first kappa shape index (κ1) is 24.9. The number of nitrogens with zero attached hydrogens (tertiary/aromatic N) is 1. The molecule has 2 unspecified atom stereocenters. The molecule has 1 saturated carbocycles. The smallest absolute Gasteiger partial charge is 1.00 e. The molecule has 0 amide bonds. The third-order valence-corrected chi connectivity index (χ3v) is 5.01. The molecule has 2 N–H and O–H groups in total. The minimum atomic E-state index is -0.542. The van der Waals surface area contributed by atoms with E-state index in [1.807, 2.05) is 6.07 Å². The minimum Gasteiger partial charge on any atom is -1.00 e. The maximum absolute atomic E-state index is 10.7. The zero-order valence-electron chi connectivity index (χ0n) is 15.1. The summed E-state index contributed by atoms with van der Waals surface area (Å²) in [5, 5.41) is 21.4. The second kappa shape index (κ2) is 8.73. The molecule has 1 aromatic carbocycles. The van der Waals surface area contributed by atoms with Gasteiger partial charge in [0.05, 0.1) is 29.4 Å². The second-order valence-corrected chi connectivity index (χ2v) is 8.38. The van der Waals surface area contributed by atoms with Crippen LogP contribution in [0.5, 0.6) is 0 Å². The predicted octanol–water partition coefficient (Wildman–Crippen LogP) is -3.03. The van der Waals surface area contributed by atoms with Crippen molar-refractivity contribution in [2.45, 2.75) is 64.7 Å². The number of aliphatic hydroxyl groups excluding tert-OH is 2. The fraction of sp³-hybridized carbons (Fsp3) is 0.632. The van der Waals surface area contributed by atoms with Crippen LogP contribution in [0.2, 0.25) is 0 Å². The topological polar surface area (TPSA) is 52.8 Å². The standard InChI is InChI=1S/C19H27NO2.2ClH.Cu/c1-18(2)10-14(21)16(15(22)11-18)17-13-8-6-5-7-12(13)9-19(3,4)20-17;;;/h5-8,14-16,21-22H,9-11H2,1-4H3;2*1H;/q;;;+2/p-2. The van der Waals surface area contributed by atoms with Crippen molar-refractivity contribution >= 4 is 5.71 Å². The maximum atomic E-state index is 10.7. The molecule has 6 heteroatoms. The van der Waals surface area contributed by atoms with Crippen molar-refractivity contribution in [3.63, 3.8) is 0 Å². The molecular weight excluding hydrogens is 409 g/mol. The SMILES string of the molecule is CC1(C)CC(O)C(C2=NC(C)(C)Cc3ccccc32)C(O)C1.[Cl-].[Cl-].[Cu+2]. The largest absolute Gasteiger partial charge is 2.00 e. The van der Waals surface area contributed by atoms with Gasteiger partial charge in [0, 0.05) is 0 Å².